The molecule has 5 heterocycles. The summed E-state index contributed by atoms with van der Waals surface area (Å²) in [7, 11) is 2.59. The number of nitrogens with zero attached hydrogens (tertiary/aromatic N) is 5. The van der Waals surface area contributed by atoms with Crippen molar-refractivity contribution >= 4 is 24.0 Å². The Morgan fingerprint density at radius 1 is 0.594 bits per heavy atom. The number of likely N-dealkylation sites (tertiary alicyclic amines) is 2. The van der Waals surface area contributed by atoms with E-state index in [-0.39, 0.29) is 41.1 Å². The number of alkyl carbamates (subject to hydrolysis) is 2. The summed E-state index contributed by atoms with van der Waals surface area (Å²) in [6.45, 7) is 15.5. The molecule has 2 fully saturated rings. The van der Waals surface area contributed by atoms with Crippen molar-refractivity contribution in [3.63, 3.8) is 0 Å². The molecule has 0 spiro atoms. The number of aromatic nitrogens is 5. The van der Waals surface area contributed by atoms with Crippen LogP contribution in [0.2, 0.25) is 0 Å². The summed E-state index contributed by atoms with van der Waals surface area (Å²) in [5, 5.41) is 5.44. The van der Waals surface area contributed by atoms with Crippen molar-refractivity contribution < 1.29 is 28.7 Å². The standard InChI is InChI=1S/C54H65N9O6/c1-32(2)46(59-52(66)68-8)50(64)61-28-10-12-44(61)48-55-30-40(57-48)34-14-18-36(19-15-34)42-26-27-43(63(42)39-24-22-38(23-25-39)54(5,6)7)37-20-16-35(17-21-37)41-31-56-49(58-41)45-13-11-29-62(45)51(65)47(33(3)4)60-53(67)69-9/h14-27,30-33,44-47H,10-13,28-29H2,1-9H3,(H,55,57)(H,56,58)(H,59,66)(H,60,67). The number of H-pyrrole nitrogens is 2. The third kappa shape index (κ3) is 10.2. The third-order valence-electron chi connectivity index (χ3n) is 13.5. The van der Waals surface area contributed by atoms with Gasteiger partial charge in [-0.25, -0.2) is 19.6 Å². The van der Waals surface area contributed by atoms with E-state index in [1.807, 2.05) is 49.9 Å². The van der Waals surface area contributed by atoms with E-state index in [0.717, 1.165) is 88.0 Å². The summed E-state index contributed by atoms with van der Waals surface area (Å²) in [4.78, 5) is 71.8. The molecule has 2 saturated heterocycles. The van der Waals surface area contributed by atoms with Gasteiger partial charge in [0.05, 0.1) is 61.5 Å². The lowest BCUT2D eigenvalue weighted by Gasteiger charge is -2.30. The zero-order valence-electron chi connectivity index (χ0n) is 41.1. The molecule has 4 N–H and O–H groups in total. The fourth-order valence-electron chi connectivity index (χ4n) is 9.61. The molecule has 8 rings (SSSR count). The number of hydrogen-bond acceptors (Lipinski definition) is 8. The van der Waals surface area contributed by atoms with E-state index in [4.69, 9.17) is 19.4 Å². The van der Waals surface area contributed by atoms with Crippen molar-refractivity contribution in [2.24, 2.45) is 11.8 Å². The molecule has 4 amide bonds. The van der Waals surface area contributed by atoms with E-state index in [2.05, 4.69) is 131 Å². The molecule has 0 bridgehead atoms. The second-order valence-corrected chi connectivity index (χ2v) is 19.8. The number of benzene rings is 3. The number of hydrogen-bond donors (Lipinski definition) is 4. The number of methoxy groups -OCH3 is 2. The molecule has 362 valence electrons. The normalized spacial score (nSPS) is 17.0. The maximum Gasteiger partial charge on any atom is 0.407 e. The van der Waals surface area contributed by atoms with Gasteiger partial charge in [-0.2, -0.15) is 0 Å². The number of aromatic amines is 2. The van der Waals surface area contributed by atoms with Gasteiger partial charge in [-0.05, 0) is 95.0 Å². The highest BCUT2D eigenvalue weighted by Gasteiger charge is 2.39. The largest absolute Gasteiger partial charge is 0.453 e. The van der Waals surface area contributed by atoms with E-state index in [1.165, 1.54) is 19.8 Å². The highest BCUT2D eigenvalue weighted by Crippen LogP contribution is 2.38. The smallest absolute Gasteiger partial charge is 0.407 e. The Bertz CT molecular complexity index is 2600. The first-order valence-corrected chi connectivity index (χ1v) is 24.0. The molecule has 0 aliphatic carbocycles. The van der Waals surface area contributed by atoms with E-state index in [0.29, 0.717) is 13.1 Å². The number of carbonyl (C=O) groups is 4. The van der Waals surface area contributed by atoms with Crippen LogP contribution in [0.3, 0.4) is 0 Å². The van der Waals surface area contributed by atoms with Crippen LogP contribution in [0.5, 0.6) is 0 Å². The Kier molecular flexibility index (Phi) is 14.1. The number of rotatable bonds is 13. The zero-order valence-corrected chi connectivity index (χ0v) is 41.1. The van der Waals surface area contributed by atoms with Crippen molar-refractivity contribution in [3.8, 4) is 50.7 Å². The average molecular weight is 936 g/mol. The number of nitrogens with one attached hydrogen (secondary N) is 4. The fraction of sp³-hybridized carbons (Fsp3) is 0.407. The maximum atomic E-state index is 13.7. The fourth-order valence-corrected chi connectivity index (χ4v) is 9.61. The van der Waals surface area contributed by atoms with Gasteiger partial charge in [-0.1, -0.05) is 109 Å². The maximum absolute atomic E-state index is 13.7. The zero-order chi connectivity index (χ0) is 49.1. The predicted molar refractivity (Wildman–Crippen MR) is 266 cm³/mol. The first-order valence-electron chi connectivity index (χ1n) is 24.0. The van der Waals surface area contributed by atoms with Crippen LogP contribution in [-0.2, 0) is 24.5 Å². The van der Waals surface area contributed by atoms with E-state index in [1.54, 1.807) is 0 Å². The van der Waals surface area contributed by atoms with Crippen molar-refractivity contribution in [1.82, 2.24) is 44.9 Å². The van der Waals surface area contributed by atoms with Gasteiger partial charge >= 0.3 is 12.2 Å². The minimum Gasteiger partial charge on any atom is -0.453 e. The third-order valence-corrected chi connectivity index (χ3v) is 13.5. The lowest BCUT2D eigenvalue weighted by Crippen LogP contribution is -2.51. The van der Waals surface area contributed by atoms with Gasteiger partial charge in [0.1, 0.15) is 23.7 Å². The van der Waals surface area contributed by atoms with Crippen molar-refractivity contribution in [1.29, 1.82) is 0 Å². The molecule has 2 aliphatic rings. The van der Waals surface area contributed by atoms with E-state index < -0.39 is 24.3 Å². The molecular weight excluding hydrogens is 871 g/mol. The number of imidazole rings is 2. The SMILES string of the molecule is COC(=O)NC(C(=O)N1CCCC1c1ncc(-c2ccc(-c3ccc(-c4ccc(-c5cnc(C6CCCN6C(=O)C(NC(=O)OC)C(C)C)[nH]5)cc4)n3-c3ccc(C(C)(C)C)cc3)cc2)[nH]1)C(C)C. The predicted octanol–water partition coefficient (Wildman–Crippen LogP) is 9.98. The molecule has 2 aliphatic heterocycles. The molecule has 3 aromatic heterocycles. The Morgan fingerprint density at radius 3 is 1.35 bits per heavy atom. The average Bonchev–Trinajstić information content (AvgIpc) is 4.21. The lowest BCUT2D eigenvalue weighted by atomic mass is 9.87. The van der Waals surface area contributed by atoms with E-state index >= 15 is 0 Å². The minimum atomic E-state index is -0.704. The molecule has 4 unspecified atom stereocenters. The molecular formula is C54H65N9O6. The van der Waals surface area contributed by atoms with Gasteiger partial charge in [0.15, 0.2) is 0 Å². The van der Waals surface area contributed by atoms with Crippen LogP contribution in [0.4, 0.5) is 9.59 Å². The summed E-state index contributed by atoms with van der Waals surface area (Å²) in [6, 6.07) is 28.1. The topological polar surface area (TPSA) is 180 Å². The Balaban J connectivity index is 1.04. The van der Waals surface area contributed by atoms with Crippen LogP contribution in [0.1, 0.15) is 103 Å². The molecule has 3 aromatic carbocycles. The Hall–Kier alpha value is -7.16. The molecule has 69 heavy (non-hydrogen) atoms. The van der Waals surface area contributed by atoms with Crippen LogP contribution >= 0.6 is 0 Å². The summed E-state index contributed by atoms with van der Waals surface area (Å²) < 4.78 is 11.9. The molecule has 0 saturated carbocycles. The quantitative estimate of drug-likeness (QED) is 0.0884. The molecule has 0 radical (unpaired) electrons. The van der Waals surface area contributed by atoms with Gasteiger partial charge in [-0.15, -0.1) is 0 Å². The van der Waals surface area contributed by atoms with Crippen molar-refractivity contribution in [2.75, 3.05) is 27.3 Å². The van der Waals surface area contributed by atoms with Crippen LogP contribution in [-0.4, -0.2) is 97.7 Å². The van der Waals surface area contributed by atoms with Gasteiger partial charge in [0.2, 0.25) is 11.8 Å². The number of amides is 4. The molecule has 15 nitrogen and oxygen atoms in total. The van der Waals surface area contributed by atoms with Gasteiger partial charge in [-0.3, -0.25) is 9.59 Å². The number of ether oxygens (including phenoxy) is 2. The second-order valence-electron chi connectivity index (χ2n) is 19.8. The van der Waals surface area contributed by atoms with Crippen LogP contribution in [0.15, 0.2) is 97.3 Å². The van der Waals surface area contributed by atoms with Crippen molar-refractivity contribution in [3.05, 3.63) is 115 Å². The highest BCUT2D eigenvalue weighted by atomic mass is 16.5. The first kappa shape index (κ1) is 48.3. The van der Waals surface area contributed by atoms with Crippen LogP contribution < -0.4 is 10.6 Å². The van der Waals surface area contributed by atoms with E-state index in [9.17, 15) is 19.2 Å². The summed E-state index contributed by atoms with van der Waals surface area (Å²) in [5.74, 6) is 0.908. The number of carbonyl (C=O) groups excluding carboxylic acids is 4. The van der Waals surface area contributed by atoms with Crippen LogP contribution in [0, 0.1) is 11.8 Å². The Morgan fingerprint density at radius 2 is 0.986 bits per heavy atom. The summed E-state index contributed by atoms with van der Waals surface area (Å²) in [6.07, 6.45) is 5.60. The van der Waals surface area contributed by atoms with Gasteiger partial charge in [0.25, 0.3) is 0 Å². The second kappa shape index (κ2) is 20.2. The summed E-state index contributed by atoms with van der Waals surface area (Å²) >= 11 is 0. The van der Waals surface area contributed by atoms with Gasteiger partial charge in [0, 0.05) is 18.8 Å². The first-order chi connectivity index (χ1) is 33.1. The molecule has 4 atom stereocenters. The highest BCUT2D eigenvalue weighted by molar-refractivity contribution is 5.87. The van der Waals surface area contributed by atoms with Crippen molar-refractivity contribution in [2.45, 2.75) is 104 Å². The Labute approximate surface area is 404 Å². The monoisotopic (exact) mass is 936 g/mol. The summed E-state index contributed by atoms with van der Waals surface area (Å²) in [5.41, 5.74) is 10.1. The minimum absolute atomic E-state index is 0.000793. The molecule has 15 heteroatoms. The van der Waals surface area contributed by atoms with Gasteiger partial charge < -0.3 is 44.4 Å². The molecule has 6 aromatic rings. The lowest BCUT2D eigenvalue weighted by molar-refractivity contribution is -0.136. The van der Waals surface area contributed by atoms with Crippen LogP contribution in [0.25, 0.3) is 50.7 Å².